The normalized spacial score (nSPS) is 21.0. The van der Waals surface area contributed by atoms with Crippen LogP contribution in [0.1, 0.15) is 46.0 Å². The van der Waals surface area contributed by atoms with E-state index in [4.69, 9.17) is 11.6 Å². The molecule has 1 aliphatic heterocycles. The summed E-state index contributed by atoms with van der Waals surface area (Å²) in [6, 6.07) is 6.08. The third kappa shape index (κ3) is 1.99. The molecule has 1 spiro atoms. The van der Waals surface area contributed by atoms with E-state index in [0.29, 0.717) is 11.1 Å². The Bertz CT molecular complexity index is 535. The molecule has 1 aromatic carbocycles. The molecule has 0 atom stereocenters. The maximum absolute atomic E-state index is 12.8. The summed E-state index contributed by atoms with van der Waals surface area (Å²) in [5, 5.41) is 3.74. The van der Waals surface area contributed by atoms with Crippen LogP contribution in [-0.4, -0.2) is 17.5 Å². The average Bonchev–Trinajstić information content (AvgIpc) is 2.41. The Balaban J connectivity index is 2.12. The predicted octanol–water partition coefficient (Wildman–Crippen LogP) is 4.21. The molecule has 0 aromatic heterocycles. The Morgan fingerprint density at radius 1 is 1.25 bits per heavy atom. The highest BCUT2D eigenvalue weighted by atomic mass is 35.5. The summed E-state index contributed by atoms with van der Waals surface area (Å²) in [7, 11) is 0. The standard InChI is InChI=1S/C16H21ClN2O/c1-11(2)19-14-7-6-12(17)10-13(14)18-15(20)16(19)8-4-3-5-9-16/h6-7,10-11H,3-5,8-9H2,1-2H3,(H,18,20). The number of halogens is 1. The molecule has 1 N–H and O–H groups in total. The van der Waals surface area contributed by atoms with Crippen LogP contribution in [0.2, 0.25) is 5.02 Å². The molecule has 0 saturated heterocycles. The van der Waals surface area contributed by atoms with Crippen LogP contribution in [0.4, 0.5) is 11.4 Å². The van der Waals surface area contributed by atoms with E-state index < -0.39 is 0 Å². The van der Waals surface area contributed by atoms with Gasteiger partial charge in [-0.3, -0.25) is 4.79 Å². The average molecular weight is 293 g/mol. The highest BCUT2D eigenvalue weighted by molar-refractivity contribution is 6.31. The van der Waals surface area contributed by atoms with Gasteiger partial charge >= 0.3 is 0 Å². The van der Waals surface area contributed by atoms with Crippen LogP contribution in [0.3, 0.4) is 0 Å². The number of hydrogen-bond acceptors (Lipinski definition) is 2. The fourth-order valence-electron chi connectivity index (χ4n) is 3.77. The van der Waals surface area contributed by atoms with Crippen LogP contribution in [0, 0.1) is 0 Å². The minimum Gasteiger partial charge on any atom is -0.353 e. The highest BCUT2D eigenvalue weighted by Crippen LogP contribution is 2.45. The molecule has 1 saturated carbocycles. The van der Waals surface area contributed by atoms with Crippen LogP contribution in [0.15, 0.2) is 18.2 Å². The van der Waals surface area contributed by atoms with Crippen molar-refractivity contribution in [2.45, 2.75) is 57.5 Å². The van der Waals surface area contributed by atoms with Gasteiger partial charge in [-0.25, -0.2) is 0 Å². The van der Waals surface area contributed by atoms with Gasteiger partial charge in [0.1, 0.15) is 5.54 Å². The van der Waals surface area contributed by atoms with E-state index in [9.17, 15) is 4.79 Å². The zero-order valence-electron chi connectivity index (χ0n) is 12.1. The topological polar surface area (TPSA) is 32.3 Å². The van der Waals surface area contributed by atoms with Gasteiger partial charge in [-0.2, -0.15) is 0 Å². The molecule has 1 heterocycles. The van der Waals surface area contributed by atoms with Gasteiger partial charge < -0.3 is 10.2 Å². The molecule has 1 aromatic rings. The maximum atomic E-state index is 12.8. The number of benzene rings is 1. The molecule has 3 nitrogen and oxygen atoms in total. The van der Waals surface area contributed by atoms with E-state index in [1.807, 2.05) is 18.2 Å². The van der Waals surface area contributed by atoms with Crippen molar-refractivity contribution < 1.29 is 4.79 Å². The van der Waals surface area contributed by atoms with Crippen LogP contribution >= 0.6 is 11.6 Å². The molecule has 0 unspecified atom stereocenters. The fourth-order valence-corrected chi connectivity index (χ4v) is 3.95. The van der Waals surface area contributed by atoms with E-state index in [2.05, 4.69) is 24.1 Å². The van der Waals surface area contributed by atoms with E-state index >= 15 is 0 Å². The first-order valence-corrected chi connectivity index (χ1v) is 7.83. The SMILES string of the molecule is CC(C)N1c2ccc(Cl)cc2NC(=O)C12CCCCC2. The quantitative estimate of drug-likeness (QED) is 0.841. The van der Waals surface area contributed by atoms with Crippen LogP contribution in [-0.2, 0) is 4.79 Å². The molecule has 0 radical (unpaired) electrons. The first-order chi connectivity index (χ1) is 9.54. The van der Waals surface area contributed by atoms with Gasteiger partial charge in [-0.1, -0.05) is 30.9 Å². The van der Waals surface area contributed by atoms with Crippen molar-refractivity contribution in [1.82, 2.24) is 0 Å². The number of rotatable bonds is 1. The van der Waals surface area contributed by atoms with E-state index in [0.717, 1.165) is 37.1 Å². The van der Waals surface area contributed by atoms with Gasteiger partial charge in [0.15, 0.2) is 0 Å². The monoisotopic (exact) mass is 292 g/mol. The number of hydrogen-bond donors (Lipinski definition) is 1. The molecule has 0 bridgehead atoms. The minimum absolute atomic E-state index is 0.140. The molecule has 4 heteroatoms. The lowest BCUT2D eigenvalue weighted by atomic mass is 9.77. The minimum atomic E-state index is -0.368. The second-order valence-corrected chi connectivity index (χ2v) is 6.61. The van der Waals surface area contributed by atoms with Crippen LogP contribution in [0.5, 0.6) is 0 Å². The second kappa shape index (κ2) is 4.96. The first kappa shape index (κ1) is 13.7. The summed E-state index contributed by atoms with van der Waals surface area (Å²) >= 11 is 6.06. The van der Waals surface area contributed by atoms with Crippen molar-refractivity contribution in [3.63, 3.8) is 0 Å². The highest BCUT2D eigenvalue weighted by Gasteiger charge is 2.49. The van der Waals surface area contributed by atoms with Gasteiger partial charge in [-0.05, 0) is 44.9 Å². The van der Waals surface area contributed by atoms with Gasteiger partial charge in [0.25, 0.3) is 0 Å². The van der Waals surface area contributed by atoms with Crippen molar-refractivity contribution >= 4 is 28.9 Å². The van der Waals surface area contributed by atoms with Crippen LogP contribution < -0.4 is 10.2 Å². The third-order valence-electron chi connectivity index (χ3n) is 4.55. The van der Waals surface area contributed by atoms with E-state index in [1.165, 1.54) is 6.42 Å². The molecular formula is C16H21ClN2O. The number of anilines is 2. The van der Waals surface area contributed by atoms with Gasteiger partial charge in [0.2, 0.25) is 5.91 Å². The Labute approximate surface area is 125 Å². The fraction of sp³-hybridized carbons (Fsp3) is 0.562. The number of carbonyl (C=O) groups is 1. The number of fused-ring (bicyclic) bond motifs is 1. The lowest BCUT2D eigenvalue weighted by Crippen LogP contribution is -2.63. The van der Waals surface area contributed by atoms with Crippen molar-refractivity contribution in [3.8, 4) is 0 Å². The summed E-state index contributed by atoms with van der Waals surface area (Å²) in [4.78, 5) is 15.1. The Hall–Kier alpha value is -1.22. The summed E-state index contributed by atoms with van der Waals surface area (Å²) < 4.78 is 0. The predicted molar refractivity (Wildman–Crippen MR) is 83.5 cm³/mol. The molecule has 1 aliphatic carbocycles. The van der Waals surface area contributed by atoms with Crippen molar-refractivity contribution in [1.29, 1.82) is 0 Å². The summed E-state index contributed by atoms with van der Waals surface area (Å²) in [5.74, 6) is 0.140. The van der Waals surface area contributed by atoms with E-state index in [-0.39, 0.29) is 11.4 Å². The van der Waals surface area contributed by atoms with Crippen molar-refractivity contribution in [2.24, 2.45) is 0 Å². The molecule has 3 rings (SSSR count). The molecule has 2 aliphatic rings. The molecule has 108 valence electrons. The van der Waals surface area contributed by atoms with Crippen LogP contribution in [0.25, 0.3) is 0 Å². The number of nitrogens with zero attached hydrogens (tertiary/aromatic N) is 1. The molecular weight excluding hydrogens is 272 g/mol. The largest absolute Gasteiger partial charge is 0.353 e. The zero-order valence-corrected chi connectivity index (χ0v) is 12.8. The summed E-state index contributed by atoms with van der Waals surface area (Å²) in [6.45, 7) is 4.32. The Morgan fingerprint density at radius 2 is 1.95 bits per heavy atom. The second-order valence-electron chi connectivity index (χ2n) is 6.17. The lowest BCUT2D eigenvalue weighted by Gasteiger charge is -2.51. The smallest absolute Gasteiger partial charge is 0.250 e. The molecule has 20 heavy (non-hydrogen) atoms. The number of nitrogens with one attached hydrogen (secondary N) is 1. The Morgan fingerprint density at radius 3 is 2.60 bits per heavy atom. The molecule has 1 amide bonds. The van der Waals surface area contributed by atoms with Crippen molar-refractivity contribution in [2.75, 3.05) is 10.2 Å². The first-order valence-electron chi connectivity index (χ1n) is 7.45. The maximum Gasteiger partial charge on any atom is 0.250 e. The lowest BCUT2D eigenvalue weighted by molar-refractivity contribution is -0.123. The zero-order chi connectivity index (χ0) is 14.3. The summed E-state index contributed by atoms with van der Waals surface area (Å²) in [6.07, 6.45) is 5.37. The molecule has 1 fully saturated rings. The van der Waals surface area contributed by atoms with E-state index in [1.54, 1.807) is 0 Å². The summed E-state index contributed by atoms with van der Waals surface area (Å²) in [5.41, 5.74) is 1.58. The van der Waals surface area contributed by atoms with Gasteiger partial charge in [0.05, 0.1) is 11.4 Å². The van der Waals surface area contributed by atoms with Gasteiger partial charge in [0, 0.05) is 11.1 Å². The Kier molecular flexibility index (Phi) is 3.41. The van der Waals surface area contributed by atoms with Crippen molar-refractivity contribution in [3.05, 3.63) is 23.2 Å². The number of amides is 1. The third-order valence-corrected chi connectivity index (χ3v) is 4.78. The number of carbonyl (C=O) groups excluding carboxylic acids is 1. The van der Waals surface area contributed by atoms with Gasteiger partial charge in [-0.15, -0.1) is 0 Å².